The van der Waals surface area contributed by atoms with Crippen molar-refractivity contribution in [2.24, 2.45) is 0 Å². The van der Waals surface area contributed by atoms with E-state index in [1.54, 1.807) is 6.92 Å². The van der Waals surface area contributed by atoms with Crippen molar-refractivity contribution < 1.29 is 36.9 Å². The van der Waals surface area contributed by atoms with Gasteiger partial charge in [0.05, 0.1) is 22.0 Å². The van der Waals surface area contributed by atoms with E-state index in [2.05, 4.69) is 37.4 Å². The van der Waals surface area contributed by atoms with Crippen molar-refractivity contribution in [3.8, 4) is 34.9 Å². The standard InChI is InChI=1S/C35H34F4N6O5/c1-34(12-20(36)14-40-17-34)44-33(48)49-9-2-4-23-26(38)6-5-19-10-22(46)11-24(27(19)23)29-28(39)30-25(15-41-29)31(47)43-32(42-30)50-18-35-7-3-8-45(35)16-21(37)13-35/h5-6,10-11,15,20-21,40,46H,3,7-9,12-14,16-18H2,1H3,(H,44,48)(H,42,43,47)/t20-,21-,34-,35+/m1/s1. The number of nitrogens with zero attached hydrogens (tertiary/aromatic N) is 3. The van der Waals surface area contributed by atoms with Gasteiger partial charge in [0.1, 0.15) is 41.7 Å². The normalized spacial score (nSPS) is 24.9. The molecular weight excluding hydrogens is 660 g/mol. The number of amides is 1. The smallest absolute Gasteiger partial charge is 0.408 e. The fourth-order valence-electron chi connectivity index (χ4n) is 7.43. The van der Waals surface area contributed by atoms with Crippen LogP contribution in [0.25, 0.3) is 32.9 Å². The molecule has 0 radical (unpaired) electrons. The predicted octanol–water partition coefficient (Wildman–Crippen LogP) is 4.25. The number of hydrogen-bond donors (Lipinski definition) is 4. The van der Waals surface area contributed by atoms with Gasteiger partial charge in [-0.15, -0.1) is 0 Å². The number of aromatic amines is 1. The third kappa shape index (κ3) is 6.40. The van der Waals surface area contributed by atoms with E-state index >= 15 is 8.78 Å². The fraction of sp³-hybridized carbons (Fsp3) is 0.429. The molecule has 0 bridgehead atoms. The molecule has 2 aromatic heterocycles. The molecule has 4 aromatic rings. The van der Waals surface area contributed by atoms with Crippen molar-refractivity contribution in [1.29, 1.82) is 0 Å². The minimum Gasteiger partial charge on any atom is -0.508 e. The zero-order chi connectivity index (χ0) is 35.2. The fourth-order valence-corrected chi connectivity index (χ4v) is 7.43. The number of phenolic OH excluding ortho intramolecular Hbond substituents is 1. The van der Waals surface area contributed by atoms with Crippen LogP contribution in [0.5, 0.6) is 11.8 Å². The van der Waals surface area contributed by atoms with Gasteiger partial charge in [0, 0.05) is 49.6 Å². The number of fused-ring (bicyclic) bond motifs is 3. The molecule has 0 saturated carbocycles. The Hall–Kier alpha value is -4.94. The Morgan fingerprint density at radius 2 is 2.06 bits per heavy atom. The summed E-state index contributed by atoms with van der Waals surface area (Å²) in [4.78, 5) is 38.3. The number of H-pyrrole nitrogens is 1. The van der Waals surface area contributed by atoms with Crippen LogP contribution in [0, 0.1) is 23.5 Å². The van der Waals surface area contributed by atoms with Crippen molar-refractivity contribution in [1.82, 2.24) is 30.5 Å². The number of rotatable bonds is 6. The number of piperidine rings is 1. The van der Waals surface area contributed by atoms with Crippen molar-refractivity contribution >= 4 is 27.8 Å². The molecule has 5 heterocycles. The number of carbonyl (C=O) groups is 1. The lowest BCUT2D eigenvalue weighted by atomic mass is 9.91. The number of aromatic nitrogens is 3. The molecule has 7 rings (SSSR count). The first kappa shape index (κ1) is 33.6. The number of pyridine rings is 1. The van der Waals surface area contributed by atoms with E-state index in [0.717, 1.165) is 31.6 Å². The van der Waals surface area contributed by atoms with Gasteiger partial charge in [-0.3, -0.25) is 19.7 Å². The number of phenols is 1. The summed E-state index contributed by atoms with van der Waals surface area (Å²) < 4.78 is 70.8. The van der Waals surface area contributed by atoms with Crippen LogP contribution < -0.4 is 20.9 Å². The van der Waals surface area contributed by atoms with Crippen molar-refractivity contribution in [3.05, 3.63) is 58.0 Å². The number of ether oxygens (including phenoxy) is 2. The number of halogens is 4. The molecule has 15 heteroatoms. The van der Waals surface area contributed by atoms with Gasteiger partial charge >= 0.3 is 6.09 Å². The van der Waals surface area contributed by atoms with Crippen LogP contribution in [-0.4, -0.2) is 93.9 Å². The summed E-state index contributed by atoms with van der Waals surface area (Å²) in [5.41, 5.74) is -3.04. The van der Waals surface area contributed by atoms with Gasteiger partial charge in [0.2, 0.25) is 0 Å². The quantitative estimate of drug-likeness (QED) is 0.172. The Bertz CT molecular complexity index is 2120. The Labute approximate surface area is 283 Å². The highest BCUT2D eigenvalue weighted by atomic mass is 19.1. The molecule has 0 spiro atoms. The predicted molar refractivity (Wildman–Crippen MR) is 175 cm³/mol. The summed E-state index contributed by atoms with van der Waals surface area (Å²) in [5.74, 6) is 3.16. The zero-order valence-electron chi connectivity index (χ0n) is 27.0. The molecule has 3 saturated heterocycles. The molecule has 4 atom stereocenters. The lowest BCUT2D eigenvalue weighted by molar-refractivity contribution is 0.107. The first-order valence-electron chi connectivity index (χ1n) is 16.3. The molecule has 3 aliphatic rings. The molecule has 3 fully saturated rings. The van der Waals surface area contributed by atoms with E-state index in [1.165, 1.54) is 18.2 Å². The van der Waals surface area contributed by atoms with Gasteiger partial charge in [0.15, 0.2) is 12.4 Å². The average Bonchev–Trinajstić information content (AvgIpc) is 3.58. The first-order chi connectivity index (χ1) is 23.9. The highest BCUT2D eigenvalue weighted by Gasteiger charge is 2.49. The number of aromatic hydroxyl groups is 1. The number of benzene rings is 2. The SMILES string of the molecule is C[C@]1(NC(=O)OCC#Cc2c(F)ccc3cc(O)cc(-c4ncc5c(=O)[nH]c(OC[C@@]67CCCN6C[C@H](F)C7)nc5c4F)c23)CNC[C@H](F)C1. The van der Waals surface area contributed by atoms with Crippen molar-refractivity contribution in [3.63, 3.8) is 0 Å². The van der Waals surface area contributed by atoms with Gasteiger partial charge in [-0.05, 0) is 49.9 Å². The minimum atomic E-state index is -1.13. The van der Waals surface area contributed by atoms with Gasteiger partial charge in [-0.25, -0.2) is 22.4 Å². The second-order valence-electron chi connectivity index (χ2n) is 13.4. The molecule has 1 amide bonds. The Morgan fingerprint density at radius 1 is 1.22 bits per heavy atom. The van der Waals surface area contributed by atoms with Crippen LogP contribution in [-0.2, 0) is 4.74 Å². The van der Waals surface area contributed by atoms with Gasteiger partial charge in [0.25, 0.3) is 11.6 Å². The third-order valence-electron chi connectivity index (χ3n) is 9.66. The van der Waals surface area contributed by atoms with E-state index < -0.39 is 53.3 Å². The van der Waals surface area contributed by atoms with Crippen LogP contribution >= 0.6 is 0 Å². The molecule has 50 heavy (non-hydrogen) atoms. The summed E-state index contributed by atoms with van der Waals surface area (Å²) in [5, 5.41) is 16.3. The van der Waals surface area contributed by atoms with Crippen LogP contribution in [0.15, 0.2) is 35.3 Å². The Balaban J connectivity index is 1.19. The summed E-state index contributed by atoms with van der Waals surface area (Å²) in [6.07, 6.45) is 0.169. The van der Waals surface area contributed by atoms with Gasteiger partial charge in [-0.2, -0.15) is 4.98 Å². The molecule has 4 N–H and O–H groups in total. The van der Waals surface area contributed by atoms with E-state index in [-0.39, 0.29) is 70.9 Å². The zero-order valence-corrected chi connectivity index (χ0v) is 27.0. The van der Waals surface area contributed by atoms with Crippen molar-refractivity contribution in [2.45, 2.75) is 56.0 Å². The Morgan fingerprint density at radius 3 is 2.88 bits per heavy atom. The van der Waals surface area contributed by atoms with Crippen LogP contribution in [0.3, 0.4) is 0 Å². The molecule has 2 aromatic carbocycles. The monoisotopic (exact) mass is 694 g/mol. The summed E-state index contributed by atoms with van der Waals surface area (Å²) in [6, 6.07) is 4.79. The largest absolute Gasteiger partial charge is 0.508 e. The lowest BCUT2D eigenvalue weighted by Crippen LogP contribution is -2.58. The van der Waals surface area contributed by atoms with Gasteiger partial charge in [-0.1, -0.05) is 17.9 Å². The topological polar surface area (TPSA) is 142 Å². The maximum Gasteiger partial charge on any atom is 0.408 e. The van der Waals surface area contributed by atoms with Crippen LogP contribution in [0.4, 0.5) is 22.4 Å². The Kier molecular flexibility index (Phi) is 8.77. The summed E-state index contributed by atoms with van der Waals surface area (Å²) in [7, 11) is 0. The molecule has 0 unspecified atom stereocenters. The van der Waals surface area contributed by atoms with Crippen LogP contribution in [0.2, 0.25) is 0 Å². The second kappa shape index (κ2) is 13.1. The number of hydrogen-bond acceptors (Lipinski definition) is 9. The molecule has 3 aliphatic heterocycles. The second-order valence-corrected chi connectivity index (χ2v) is 13.4. The number of carbonyl (C=O) groups excluding carboxylic acids is 1. The van der Waals surface area contributed by atoms with E-state index in [4.69, 9.17) is 9.47 Å². The van der Waals surface area contributed by atoms with Gasteiger partial charge < -0.3 is 25.2 Å². The molecular formula is C35H34F4N6O5. The van der Waals surface area contributed by atoms with E-state index in [9.17, 15) is 23.5 Å². The minimum absolute atomic E-state index is 0.0367. The number of nitrogens with one attached hydrogen (secondary N) is 3. The highest BCUT2D eigenvalue weighted by molar-refractivity contribution is 6.02. The number of alkyl carbamates (subject to hydrolysis) is 1. The highest BCUT2D eigenvalue weighted by Crippen LogP contribution is 2.41. The summed E-state index contributed by atoms with van der Waals surface area (Å²) in [6.45, 7) is 2.88. The van der Waals surface area contributed by atoms with Crippen molar-refractivity contribution in [2.75, 3.05) is 39.4 Å². The van der Waals surface area contributed by atoms with E-state index in [0.29, 0.717) is 18.5 Å². The maximum absolute atomic E-state index is 16.4. The molecule has 0 aliphatic carbocycles. The molecule has 262 valence electrons. The lowest BCUT2D eigenvalue weighted by Gasteiger charge is -2.36. The third-order valence-corrected chi connectivity index (χ3v) is 9.66. The maximum atomic E-state index is 16.4. The van der Waals surface area contributed by atoms with Crippen LogP contribution in [0.1, 0.15) is 38.2 Å². The molecule has 11 nitrogen and oxygen atoms in total. The first-order valence-corrected chi connectivity index (χ1v) is 16.3. The average molecular weight is 695 g/mol. The number of alkyl halides is 2. The van der Waals surface area contributed by atoms with E-state index in [1.807, 2.05) is 4.90 Å². The summed E-state index contributed by atoms with van der Waals surface area (Å²) >= 11 is 0.